The molecule has 0 amide bonds. The molecule has 1 heterocycles. The molecule has 3 rings (SSSR count). The monoisotopic (exact) mass is 316 g/mol. The molecule has 0 unspecified atom stereocenters. The van der Waals surface area contributed by atoms with Gasteiger partial charge in [0.05, 0.1) is 10.9 Å². The predicted molar refractivity (Wildman–Crippen MR) is 77.2 cm³/mol. The normalized spacial score (nSPS) is 10.8. The number of hydrogen-bond acceptors (Lipinski definition) is 3. The standard InChI is InChI=1S/C14H9BrN2O2/c15-11-6-5-8(18)7-10(11)13-16-12-4-2-1-3-9(12)14(19)17-13/h1-7,18H,(H,16,17,19). The molecule has 0 atom stereocenters. The lowest BCUT2D eigenvalue weighted by Crippen LogP contribution is -2.09. The van der Waals surface area contributed by atoms with Crippen molar-refractivity contribution in [2.24, 2.45) is 0 Å². The number of hydrogen-bond donors (Lipinski definition) is 2. The lowest BCUT2D eigenvalue weighted by atomic mass is 10.2. The van der Waals surface area contributed by atoms with Crippen molar-refractivity contribution in [3.63, 3.8) is 0 Å². The summed E-state index contributed by atoms with van der Waals surface area (Å²) in [6.07, 6.45) is 0. The Morgan fingerprint density at radius 1 is 1.16 bits per heavy atom. The first-order chi connectivity index (χ1) is 9.15. The topological polar surface area (TPSA) is 66.0 Å². The molecule has 0 bridgehead atoms. The van der Waals surface area contributed by atoms with Crippen LogP contribution in [0.15, 0.2) is 51.7 Å². The minimum absolute atomic E-state index is 0.119. The van der Waals surface area contributed by atoms with E-state index in [-0.39, 0.29) is 11.3 Å². The maximum Gasteiger partial charge on any atom is 0.259 e. The fraction of sp³-hybridized carbons (Fsp3) is 0. The first-order valence-corrected chi connectivity index (χ1v) is 6.42. The molecule has 0 fully saturated rings. The number of halogens is 1. The molecule has 0 radical (unpaired) electrons. The van der Waals surface area contributed by atoms with Gasteiger partial charge >= 0.3 is 0 Å². The molecule has 0 aliphatic carbocycles. The second-order valence-electron chi connectivity index (χ2n) is 4.10. The minimum Gasteiger partial charge on any atom is -0.508 e. The number of nitrogens with one attached hydrogen (secondary N) is 1. The first-order valence-electron chi connectivity index (χ1n) is 5.63. The molecule has 0 aliphatic rings. The van der Waals surface area contributed by atoms with E-state index in [0.29, 0.717) is 22.3 Å². The highest BCUT2D eigenvalue weighted by Gasteiger charge is 2.09. The number of para-hydroxylation sites is 1. The third kappa shape index (κ3) is 2.13. The highest BCUT2D eigenvalue weighted by Crippen LogP contribution is 2.29. The fourth-order valence-corrected chi connectivity index (χ4v) is 2.34. The summed E-state index contributed by atoms with van der Waals surface area (Å²) in [5.74, 6) is 0.542. The molecule has 0 saturated carbocycles. The summed E-state index contributed by atoms with van der Waals surface area (Å²) >= 11 is 3.38. The van der Waals surface area contributed by atoms with E-state index in [4.69, 9.17) is 0 Å². The van der Waals surface area contributed by atoms with Crippen molar-refractivity contribution < 1.29 is 5.11 Å². The summed E-state index contributed by atoms with van der Waals surface area (Å²) in [4.78, 5) is 19.1. The van der Waals surface area contributed by atoms with E-state index in [2.05, 4.69) is 25.9 Å². The molecule has 4 nitrogen and oxygen atoms in total. The lowest BCUT2D eigenvalue weighted by molar-refractivity contribution is 0.475. The van der Waals surface area contributed by atoms with Gasteiger partial charge in [0.25, 0.3) is 5.56 Å². The van der Waals surface area contributed by atoms with E-state index in [1.807, 2.05) is 6.07 Å². The quantitative estimate of drug-likeness (QED) is 0.725. The van der Waals surface area contributed by atoms with Crippen molar-refractivity contribution in [2.75, 3.05) is 0 Å². The molecule has 5 heteroatoms. The highest BCUT2D eigenvalue weighted by molar-refractivity contribution is 9.10. The summed E-state index contributed by atoms with van der Waals surface area (Å²) in [7, 11) is 0. The van der Waals surface area contributed by atoms with Crippen LogP contribution in [-0.4, -0.2) is 15.1 Å². The molecule has 94 valence electrons. The first kappa shape index (κ1) is 11.9. The van der Waals surface area contributed by atoms with Crippen molar-refractivity contribution in [2.45, 2.75) is 0 Å². The Hall–Kier alpha value is -2.14. The molecule has 2 N–H and O–H groups in total. The molecule has 1 aromatic heterocycles. The van der Waals surface area contributed by atoms with Crippen LogP contribution in [0.2, 0.25) is 0 Å². The van der Waals surface area contributed by atoms with Crippen LogP contribution < -0.4 is 5.56 Å². The lowest BCUT2D eigenvalue weighted by Gasteiger charge is -2.06. The number of fused-ring (bicyclic) bond motifs is 1. The SMILES string of the molecule is O=c1[nH]c(-c2cc(O)ccc2Br)nc2ccccc12. The van der Waals surface area contributed by atoms with Gasteiger partial charge in [-0.3, -0.25) is 4.79 Å². The number of benzene rings is 2. The molecular weight excluding hydrogens is 308 g/mol. The Balaban J connectivity index is 2.31. The largest absolute Gasteiger partial charge is 0.508 e. The fourth-order valence-electron chi connectivity index (χ4n) is 1.91. The van der Waals surface area contributed by atoms with E-state index in [1.54, 1.807) is 36.4 Å². The second kappa shape index (κ2) is 4.51. The summed E-state index contributed by atoms with van der Waals surface area (Å²) in [5, 5.41) is 10.1. The summed E-state index contributed by atoms with van der Waals surface area (Å²) < 4.78 is 0.753. The van der Waals surface area contributed by atoms with E-state index >= 15 is 0 Å². The Morgan fingerprint density at radius 3 is 2.79 bits per heavy atom. The molecule has 2 aromatic carbocycles. The molecule has 0 saturated heterocycles. The maximum absolute atomic E-state index is 12.0. The van der Waals surface area contributed by atoms with Crippen molar-refractivity contribution >= 4 is 26.8 Å². The number of nitrogens with zero attached hydrogens (tertiary/aromatic N) is 1. The van der Waals surface area contributed by atoms with Gasteiger partial charge in [-0.15, -0.1) is 0 Å². The zero-order valence-corrected chi connectivity index (χ0v) is 11.3. The van der Waals surface area contributed by atoms with Gasteiger partial charge in [0.15, 0.2) is 0 Å². The van der Waals surface area contributed by atoms with E-state index in [9.17, 15) is 9.90 Å². The van der Waals surface area contributed by atoms with Crippen LogP contribution in [-0.2, 0) is 0 Å². The van der Waals surface area contributed by atoms with Crippen LogP contribution >= 0.6 is 15.9 Å². The van der Waals surface area contributed by atoms with Gasteiger partial charge in [-0.25, -0.2) is 4.98 Å². The number of aromatic hydroxyl groups is 1. The molecule has 0 spiro atoms. The van der Waals surface area contributed by atoms with Gasteiger partial charge in [0, 0.05) is 10.0 Å². The van der Waals surface area contributed by atoms with Gasteiger partial charge in [0.1, 0.15) is 11.6 Å². The predicted octanol–water partition coefficient (Wildman–Crippen LogP) is 3.06. The third-order valence-electron chi connectivity index (χ3n) is 2.82. The van der Waals surface area contributed by atoms with Gasteiger partial charge in [-0.2, -0.15) is 0 Å². The Kier molecular flexibility index (Phi) is 2.83. The van der Waals surface area contributed by atoms with Gasteiger partial charge in [0.2, 0.25) is 0 Å². The second-order valence-corrected chi connectivity index (χ2v) is 4.95. The zero-order chi connectivity index (χ0) is 13.4. The molecule has 0 aliphatic heterocycles. The Morgan fingerprint density at radius 2 is 1.95 bits per heavy atom. The van der Waals surface area contributed by atoms with Crippen LogP contribution in [0, 0.1) is 0 Å². The number of phenols is 1. The van der Waals surface area contributed by atoms with Crippen LogP contribution in [0.1, 0.15) is 0 Å². The number of H-pyrrole nitrogens is 1. The van der Waals surface area contributed by atoms with Crippen molar-refractivity contribution in [3.8, 4) is 17.1 Å². The van der Waals surface area contributed by atoms with Gasteiger partial charge in [-0.1, -0.05) is 28.1 Å². The Labute approximate surface area is 116 Å². The smallest absolute Gasteiger partial charge is 0.259 e. The van der Waals surface area contributed by atoms with Crippen LogP contribution in [0.5, 0.6) is 5.75 Å². The Bertz CT molecular complexity index is 827. The van der Waals surface area contributed by atoms with Gasteiger partial charge in [-0.05, 0) is 30.3 Å². The average Bonchev–Trinajstić information content (AvgIpc) is 2.41. The van der Waals surface area contributed by atoms with Crippen molar-refractivity contribution in [1.82, 2.24) is 9.97 Å². The van der Waals surface area contributed by atoms with Gasteiger partial charge < -0.3 is 10.1 Å². The van der Waals surface area contributed by atoms with Crippen LogP contribution in [0.25, 0.3) is 22.3 Å². The van der Waals surface area contributed by atoms with E-state index in [1.165, 1.54) is 0 Å². The summed E-state index contributed by atoms with van der Waals surface area (Å²) in [6.45, 7) is 0. The summed E-state index contributed by atoms with van der Waals surface area (Å²) in [6, 6.07) is 12.0. The van der Waals surface area contributed by atoms with E-state index in [0.717, 1.165) is 4.47 Å². The molecular formula is C14H9BrN2O2. The number of aromatic amines is 1. The zero-order valence-electron chi connectivity index (χ0n) is 9.72. The average molecular weight is 317 g/mol. The van der Waals surface area contributed by atoms with E-state index < -0.39 is 0 Å². The minimum atomic E-state index is -0.198. The maximum atomic E-state index is 12.0. The number of rotatable bonds is 1. The molecule has 19 heavy (non-hydrogen) atoms. The van der Waals surface area contributed by atoms with Crippen LogP contribution in [0.4, 0.5) is 0 Å². The van der Waals surface area contributed by atoms with Crippen molar-refractivity contribution in [1.29, 1.82) is 0 Å². The summed E-state index contributed by atoms with van der Waals surface area (Å²) in [5.41, 5.74) is 1.06. The van der Waals surface area contributed by atoms with Crippen molar-refractivity contribution in [3.05, 3.63) is 57.3 Å². The third-order valence-corrected chi connectivity index (χ3v) is 3.51. The number of aromatic nitrogens is 2. The van der Waals surface area contributed by atoms with Crippen LogP contribution in [0.3, 0.4) is 0 Å². The molecule has 3 aromatic rings. The number of phenolic OH excluding ortho intramolecular Hbond substituents is 1. The highest BCUT2D eigenvalue weighted by atomic mass is 79.9.